The van der Waals surface area contributed by atoms with E-state index in [-0.39, 0.29) is 6.42 Å². The van der Waals surface area contributed by atoms with Crippen molar-refractivity contribution >= 4 is 28.3 Å². The molecule has 0 amide bonds. The number of hydrogen-bond acceptors (Lipinski definition) is 6. The number of ketones is 1. The molecular formula is C21H26F3N5O2. The van der Waals surface area contributed by atoms with Gasteiger partial charge in [-0.15, -0.1) is 10.2 Å². The molecule has 0 fully saturated rings. The number of methoxy groups -OCH3 is 1. The lowest BCUT2D eigenvalue weighted by atomic mass is 9.84. The first-order valence-corrected chi connectivity index (χ1v) is 10.1. The monoisotopic (exact) mass is 437 g/mol. The van der Waals surface area contributed by atoms with Gasteiger partial charge in [-0.3, -0.25) is 9.20 Å². The number of carbonyl (C=O) groups excluding carboxylic acids is 1. The molecule has 0 saturated heterocycles. The average Bonchev–Trinajstić information content (AvgIpc) is 3.11. The van der Waals surface area contributed by atoms with Gasteiger partial charge in [0.15, 0.2) is 5.82 Å². The van der Waals surface area contributed by atoms with Crippen LogP contribution in [0.2, 0.25) is 0 Å². The lowest BCUT2D eigenvalue weighted by Crippen LogP contribution is -2.39. The molecule has 0 saturated carbocycles. The van der Waals surface area contributed by atoms with Crippen molar-refractivity contribution in [1.82, 2.24) is 19.6 Å². The summed E-state index contributed by atoms with van der Waals surface area (Å²) in [6.07, 6.45) is -2.92. The van der Waals surface area contributed by atoms with Gasteiger partial charge in [0.1, 0.15) is 22.8 Å². The fourth-order valence-electron chi connectivity index (χ4n) is 3.27. The average molecular weight is 437 g/mol. The summed E-state index contributed by atoms with van der Waals surface area (Å²) in [4.78, 5) is 16.6. The van der Waals surface area contributed by atoms with Crippen molar-refractivity contribution in [2.45, 2.75) is 52.6 Å². The Morgan fingerprint density at radius 1 is 1.16 bits per heavy atom. The molecule has 2 heterocycles. The van der Waals surface area contributed by atoms with Gasteiger partial charge in [0, 0.05) is 19.0 Å². The number of halogens is 3. The van der Waals surface area contributed by atoms with E-state index in [0.717, 1.165) is 30.7 Å². The second-order valence-electron chi connectivity index (χ2n) is 8.00. The van der Waals surface area contributed by atoms with E-state index in [2.05, 4.69) is 20.5 Å². The highest BCUT2D eigenvalue weighted by molar-refractivity contribution is 5.85. The smallest absolute Gasteiger partial charge is 0.400 e. The molecule has 10 heteroatoms. The molecule has 1 N–H and O–H groups in total. The topological polar surface area (TPSA) is 81.4 Å². The molecule has 3 aromatic rings. The van der Waals surface area contributed by atoms with E-state index in [1.807, 2.05) is 29.5 Å². The standard InChI is InChI=1S/C21H26F3N5O2/c1-13-27-28-19-18(26-15-12-14(31-4)9-10-16(15)29(13)19)25-11-7-5-6-8-17(30)20(2,3)21(22,23)24/h9-10,12H,5-8,11H2,1-4H3,(H,25,26). The molecule has 0 aliphatic rings. The Balaban J connectivity index is 1.62. The number of ether oxygens (including phenoxy) is 1. The number of hydrogen-bond donors (Lipinski definition) is 1. The van der Waals surface area contributed by atoms with Gasteiger partial charge in [0.05, 0.1) is 18.1 Å². The van der Waals surface area contributed by atoms with Crippen molar-refractivity contribution in [2.24, 2.45) is 5.41 Å². The molecule has 31 heavy (non-hydrogen) atoms. The maximum atomic E-state index is 12.9. The second kappa shape index (κ2) is 8.68. The van der Waals surface area contributed by atoms with E-state index in [4.69, 9.17) is 4.74 Å². The van der Waals surface area contributed by atoms with Crippen molar-refractivity contribution < 1.29 is 22.7 Å². The summed E-state index contributed by atoms with van der Waals surface area (Å²) in [5.41, 5.74) is -0.137. The number of benzene rings is 1. The van der Waals surface area contributed by atoms with E-state index in [1.54, 1.807) is 7.11 Å². The van der Waals surface area contributed by atoms with Crippen LogP contribution in [0.4, 0.5) is 19.0 Å². The van der Waals surface area contributed by atoms with Crippen LogP contribution < -0.4 is 10.1 Å². The summed E-state index contributed by atoms with van der Waals surface area (Å²) in [5, 5.41) is 11.6. The molecule has 0 spiro atoms. The number of aryl methyl sites for hydroxylation is 1. The number of aromatic nitrogens is 4. The fraction of sp³-hybridized carbons (Fsp3) is 0.524. The first-order valence-electron chi connectivity index (χ1n) is 10.1. The van der Waals surface area contributed by atoms with Crippen molar-refractivity contribution in [1.29, 1.82) is 0 Å². The van der Waals surface area contributed by atoms with E-state index in [9.17, 15) is 18.0 Å². The Hall–Kier alpha value is -2.91. The second-order valence-corrected chi connectivity index (χ2v) is 8.00. The van der Waals surface area contributed by atoms with Crippen LogP contribution in [0.3, 0.4) is 0 Å². The minimum absolute atomic E-state index is 0.0891. The lowest BCUT2D eigenvalue weighted by molar-refractivity contribution is -0.210. The van der Waals surface area contributed by atoms with Crippen LogP contribution in [0.1, 0.15) is 45.4 Å². The van der Waals surface area contributed by atoms with Crippen molar-refractivity contribution in [3.8, 4) is 5.75 Å². The molecule has 168 valence electrons. The number of anilines is 1. The number of nitrogens with one attached hydrogen (secondary N) is 1. The summed E-state index contributed by atoms with van der Waals surface area (Å²) in [7, 11) is 1.59. The Bertz CT molecular complexity index is 1090. The highest BCUT2D eigenvalue weighted by Gasteiger charge is 2.51. The van der Waals surface area contributed by atoms with Crippen LogP contribution in [0.5, 0.6) is 5.75 Å². The SMILES string of the molecule is COc1ccc2c(c1)nc(NCCCCCC(=O)C(C)(C)C(F)(F)F)c1nnc(C)n12. The van der Waals surface area contributed by atoms with Crippen molar-refractivity contribution in [3.63, 3.8) is 0 Å². The van der Waals surface area contributed by atoms with Gasteiger partial charge in [-0.25, -0.2) is 4.98 Å². The summed E-state index contributed by atoms with van der Waals surface area (Å²) >= 11 is 0. The fourth-order valence-corrected chi connectivity index (χ4v) is 3.27. The van der Waals surface area contributed by atoms with E-state index >= 15 is 0 Å². The number of fused-ring (bicyclic) bond motifs is 3. The Morgan fingerprint density at radius 2 is 1.90 bits per heavy atom. The van der Waals surface area contributed by atoms with Crippen LogP contribution in [-0.4, -0.2) is 45.2 Å². The molecule has 0 radical (unpaired) electrons. The van der Waals surface area contributed by atoms with Gasteiger partial charge in [-0.2, -0.15) is 13.2 Å². The van der Waals surface area contributed by atoms with E-state index in [0.29, 0.717) is 43.0 Å². The van der Waals surface area contributed by atoms with Crippen LogP contribution in [-0.2, 0) is 4.79 Å². The predicted octanol–water partition coefficient (Wildman–Crippen LogP) is 4.72. The van der Waals surface area contributed by atoms with Gasteiger partial charge < -0.3 is 10.1 Å². The molecule has 0 unspecified atom stereocenters. The van der Waals surface area contributed by atoms with Crippen LogP contribution >= 0.6 is 0 Å². The molecule has 3 rings (SSSR count). The maximum absolute atomic E-state index is 12.9. The van der Waals surface area contributed by atoms with Gasteiger partial charge in [-0.05, 0) is 45.7 Å². The highest BCUT2D eigenvalue weighted by Crippen LogP contribution is 2.39. The first-order chi connectivity index (χ1) is 14.6. The Morgan fingerprint density at radius 3 is 2.58 bits per heavy atom. The Labute approximate surface area is 178 Å². The third kappa shape index (κ3) is 4.57. The molecule has 0 aliphatic heterocycles. The Kier molecular flexibility index (Phi) is 6.38. The van der Waals surface area contributed by atoms with Crippen LogP contribution in [0.15, 0.2) is 18.2 Å². The maximum Gasteiger partial charge on any atom is 0.400 e. The summed E-state index contributed by atoms with van der Waals surface area (Å²) in [6, 6.07) is 5.57. The van der Waals surface area contributed by atoms with Gasteiger partial charge in [0.25, 0.3) is 0 Å². The molecule has 7 nitrogen and oxygen atoms in total. The van der Waals surface area contributed by atoms with Gasteiger partial charge >= 0.3 is 6.18 Å². The van der Waals surface area contributed by atoms with E-state index in [1.165, 1.54) is 0 Å². The van der Waals surface area contributed by atoms with E-state index < -0.39 is 17.4 Å². The summed E-state index contributed by atoms with van der Waals surface area (Å²) in [5.74, 6) is 1.19. The first kappa shape index (κ1) is 22.8. The minimum Gasteiger partial charge on any atom is -0.497 e. The normalized spacial score (nSPS) is 12.5. The molecule has 0 aliphatic carbocycles. The van der Waals surface area contributed by atoms with Crippen LogP contribution in [0, 0.1) is 12.3 Å². The molecule has 2 aromatic heterocycles. The quantitative estimate of drug-likeness (QED) is 0.488. The predicted molar refractivity (Wildman–Crippen MR) is 111 cm³/mol. The number of carbonyl (C=O) groups is 1. The molecular weight excluding hydrogens is 411 g/mol. The van der Waals surface area contributed by atoms with Gasteiger partial charge in [0.2, 0.25) is 5.65 Å². The van der Waals surface area contributed by atoms with Crippen LogP contribution in [0.25, 0.3) is 16.7 Å². The zero-order valence-electron chi connectivity index (χ0n) is 18.0. The zero-order chi connectivity index (χ0) is 22.8. The summed E-state index contributed by atoms with van der Waals surface area (Å²) in [6.45, 7) is 4.26. The van der Waals surface area contributed by atoms with Crippen molar-refractivity contribution in [3.05, 3.63) is 24.0 Å². The third-order valence-electron chi connectivity index (χ3n) is 5.47. The third-order valence-corrected chi connectivity index (χ3v) is 5.47. The number of Topliss-reactive ketones (excluding diaryl/α,β-unsaturated/α-hetero) is 1. The molecule has 0 atom stereocenters. The minimum atomic E-state index is -4.53. The van der Waals surface area contributed by atoms with Crippen molar-refractivity contribution in [2.75, 3.05) is 19.0 Å². The molecule has 0 bridgehead atoms. The number of unbranched alkanes of at least 4 members (excludes halogenated alkanes) is 2. The number of rotatable bonds is 9. The number of alkyl halides is 3. The zero-order valence-corrected chi connectivity index (χ0v) is 18.0. The summed E-state index contributed by atoms with van der Waals surface area (Å²) < 4.78 is 46.0. The largest absolute Gasteiger partial charge is 0.497 e. The van der Waals surface area contributed by atoms with Gasteiger partial charge in [-0.1, -0.05) is 6.42 Å². The highest BCUT2D eigenvalue weighted by atomic mass is 19.4. The number of nitrogens with zero attached hydrogens (tertiary/aromatic N) is 4. The lowest BCUT2D eigenvalue weighted by Gasteiger charge is -2.26. The molecule has 1 aromatic carbocycles.